The molecule has 4 rings (SSSR count). The quantitative estimate of drug-likeness (QED) is 0.651. The van der Waals surface area contributed by atoms with Crippen LogP contribution in [-0.2, 0) is 16.0 Å². The molecule has 27 heavy (non-hydrogen) atoms. The maximum Gasteiger partial charge on any atom is 0.406 e. The van der Waals surface area contributed by atoms with E-state index in [1.807, 2.05) is 0 Å². The molecule has 2 fully saturated rings. The van der Waals surface area contributed by atoms with E-state index in [-0.39, 0.29) is 34.7 Å². The van der Waals surface area contributed by atoms with E-state index in [4.69, 9.17) is 9.47 Å². The van der Waals surface area contributed by atoms with Crippen molar-refractivity contribution in [2.24, 2.45) is 0 Å². The van der Waals surface area contributed by atoms with Crippen LogP contribution in [0.15, 0.2) is 24.4 Å². The standard InChI is InChI=1S/C18H18F4N2O3/c19-10-1-2-16-14(3-10)15(6-24(16)9-18(20,21)22)17(25)27-13-4-11-7-26-8-12(5-13)23-11/h1-3,6,11-13,23H,4-5,7-9H2/t11-,12+,13-. The largest absolute Gasteiger partial charge is 0.459 e. The molecule has 146 valence electrons. The van der Waals surface area contributed by atoms with Crippen molar-refractivity contribution in [2.45, 2.75) is 43.8 Å². The summed E-state index contributed by atoms with van der Waals surface area (Å²) in [5.74, 6) is -1.37. The number of nitrogens with one attached hydrogen (secondary N) is 1. The predicted octanol–water partition coefficient (Wildman–Crippen LogP) is 3.02. The maximum atomic E-state index is 13.6. The summed E-state index contributed by atoms with van der Waals surface area (Å²) in [6.07, 6.45) is -2.60. The Morgan fingerprint density at radius 2 is 1.96 bits per heavy atom. The first-order valence-corrected chi connectivity index (χ1v) is 8.68. The zero-order chi connectivity index (χ0) is 19.2. The smallest absolute Gasteiger partial charge is 0.406 e. The summed E-state index contributed by atoms with van der Waals surface area (Å²) in [6.45, 7) is -0.210. The monoisotopic (exact) mass is 386 g/mol. The van der Waals surface area contributed by atoms with E-state index in [0.29, 0.717) is 26.1 Å². The van der Waals surface area contributed by atoms with Crippen molar-refractivity contribution in [1.29, 1.82) is 0 Å². The highest BCUT2D eigenvalue weighted by molar-refractivity contribution is 6.04. The summed E-state index contributed by atoms with van der Waals surface area (Å²) >= 11 is 0. The Morgan fingerprint density at radius 1 is 1.26 bits per heavy atom. The molecule has 0 unspecified atom stereocenters. The molecule has 2 aliphatic heterocycles. The third-order valence-electron chi connectivity index (χ3n) is 4.89. The second-order valence-corrected chi connectivity index (χ2v) is 7.04. The average molecular weight is 386 g/mol. The molecule has 0 aliphatic carbocycles. The van der Waals surface area contributed by atoms with E-state index in [1.165, 1.54) is 6.07 Å². The fraction of sp³-hybridized carbons (Fsp3) is 0.500. The van der Waals surface area contributed by atoms with Crippen molar-refractivity contribution < 1.29 is 31.8 Å². The van der Waals surface area contributed by atoms with Gasteiger partial charge >= 0.3 is 12.1 Å². The summed E-state index contributed by atoms with van der Waals surface area (Å²) in [4.78, 5) is 12.6. The van der Waals surface area contributed by atoms with Crippen LogP contribution in [0.25, 0.3) is 10.9 Å². The van der Waals surface area contributed by atoms with Gasteiger partial charge in [0.05, 0.1) is 18.8 Å². The number of nitrogens with zero attached hydrogens (tertiary/aromatic N) is 1. The molecule has 0 radical (unpaired) electrons. The number of ether oxygens (including phenoxy) is 2. The Balaban J connectivity index is 1.60. The number of rotatable bonds is 3. The number of hydrogen-bond donors (Lipinski definition) is 1. The molecule has 5 nitrogen and oxygen atoms in total. The van der Waals surface area contributed by atoms with Crippen LogP contribution in [0, 0.1) is 5.82 Å². The van der Waals surface area contributed by atoms with Crippen molar-refractivity contribution in [3.05, 3.63) is 35.8 Å². The second kappa shape index (κ2) is 6.79. The van der Waals surface area contributed by atoms with Gasteiger partial charge in [-0.3, -0.25) is 0 Å². The molecule has 2 saturated heterocycles. The normalized spacial score (nSPS) is 25.6. The number of fused-ring (bicyclic) bond motifs is 3. The van der Waals surface area contributed by atoms with Crippen molar-refractivity contribution in [3.63, 3.8) is 0 Å². The number of benzene rings is 1. The van der Waals surface area contributed by atoms with E-state index >= 15 is 0 Å². The van der Waals surface area contributed by atoms with E-state index < -0.39 is 24.5 Å². The molecule has 1 aromatic heterocycles. The first kappa shape index (κ1) is 18.2. The van der Waals surface area contributed by atoms with Gasteiger partial charge in [0.1, 0.15) is 18.5 Å². The van der Waals surface area contributed by atoms with Gasteiger partial charge in [0, 0.05) is 42.0 Å². The van der Waals surface area contributed by atoms with Crippen LogP contribution in [0.1, 0.15) is 23.2 Å². The molecule has 0 spiro atoms. The van der Waals surface area contributed by atoms with Crippen LogP contribution in [0.5, 0.6) is 0 Å². The lowest BCUT2D eigenvalue weighted by atomic mass is 9.94. The number of piperidine rings is 1. The fourth-order valence-corrected chi connectivity index (χ4v) is 3.85. The Morgan fingerprint density at radius 3 is 2.63 bits per heavy atom. The topological polar surface area (TPSA) is 52.5 Å². The van der Waals surface area contributed by atoms with Gasteiger partial charge in [-0.05, 0) is 18.2 Å². The molecule has 2 aromatic rings. The van der Waals surface area contributed by atoms with Crippen molar-refractivity contribution in [3.8, 4) is 0 Å². The van der Waals surface area contributed by atoms with E-state index in [0.717, 1.165) is 22.9 Å². The van der Waals surface area contributed by atoms with E-state index in [2.05, 4.69) is 5.32 Å². The van der Waals surface area contributed by atoms with E-state index in [1.54, 1.807) is 0 Å². The summed E-state index contributed by atoms with van der Waals surface area (Å²) < 4.78 is 64.0. The molecule has 2 aliphatic rings. The minimum Gasteiger partial charge on any atom is -0.459 e. The lowest BCUT2D eigenvalue weighted by Crippen LogP contribution is -2.56. The summed E-state index contributed by atoms with van der Waals surface area (Å²) in [5.41, 5.74) is 0.0740. The fourth-order valence-electron chi connectivity index (χ4n) is 3.85. The Kier molecular flexibility index (Phi) is 4.59. The minimum absolute atomic E-state index is 0.0614. The van der Waals surface area contributed by atoms with Crippen molar-refractivity contribution in [2.75, 3.05) is 13.2 Å². The molecule has 3 heterocycles. The van der Waals surface area contributed by atoms with Gasteiger partial charge in [-0.2, -0.15) is 13.2 Å². The molecular formula is C18H18F4N2O3. The number of hydrogen-bond acceptors (Lipinski definition) is 4. The molecule has 9 heteroatoms. The van der Waals surface area contributed by atoms with Gasteiger partial charge < -0.3 is 19.4 Å². The van der Waals surface area contributed by atoms with Crippen LogP contribution < -0.4 is 5.32 Å². The van der Waals surface area contributed by atoms with Crippen LogP contribution in [-0.4, -0.2) is 48.1 Å². The number of morpholine rings is 1. The highest BCUT2D eigenvalue weighted by Crippen LogP contribution is 2.29. The van der Waals surface area contributed by atoms with Gasteiger partial charge in [-0.15, -0.1) is 0 Å². The molecule has 2 bridgehead atoms. The molecule has 0 saturated carbocycles. The van der Waals surface area contributed by atoms with Gasteiger partial charge in [0.25, 0.3) is 0 Å². The molecular weight excluding hydrogens is 368 g/mol. The lowest BCUT2D eigenvalue weighted by molar-refractivity contribution is -0.139. The van der Waals surface area contributed by atoms with E-state index in [9.17, 15) is 22.4 Å². The van der Waals surface area contributed by atoms with Crippen LogP contribution in [0.2, 0.25) is 0 Å². The van der Waals surface area contributed by atoms with Crippen molar-refractivity contribution in [1.82, 2.24) is 9.88 Å². The lowest BCUT2D eigenvalue weighted by Gasteiger charge is -2.39. The van der Waals surface area contributed by atoms with Crippen LogP contribution >= 0.6 is 0 Å². The number of esters is 1. The molecule has 1 N–H and O–H groups in total. The van der Waals surface area contributed by atoms with Gasteiger partial charge in [0.15, 0.2) is 0 Å². The SMILES string of the molecule is O=C(O[C@H]1C[C@H]2COC[C@@H](C1)N2)c1cn(CC(F)(F)F)c2ccc(F)cc12. The third kappa shape index (κ3) is 3.93. The zero-order valence-electron chi connectivity index (χ0n) is 14.3. The van der Waals surface area contributed by atoms with Gasteiger partial charge in [0.2, 0.25) is 0 Å². The number of carbonyl (C=O) groups is 1. The average Bonchev–Trinajstić information content (AvgIpc) is 2.90. The number of alkyl halides is 3. The highest BCUT2D eigenvalue weighted by Gasteiger charge is 2.35. The first-order valence-electron chi connectivity index (χ1n) is 8.68. The number of carbonyl (C=O) groups excluding carboxylic acids is 1. The first-order chi connectivity index (χ1) is 12.8. The van der Waals surface area contributed by atoms with Crippen molar-refractivity contribution >= 4 is 16.9 Å². The highest BCUT2D eigenvalue weighted by atomic mass is 19.4. The van der Waals surface area contributed by atoms with Crippen LogP contribution in [0.3, 0.4) is 0 Å². The molecule has 3 atom stereocenters. The maximum absolute atomic E-state index is 13.6. The molecule has 1 aromatic carbocycles. The second-order valence-electron chi connectivity index (χ2n) is 7.04. The summed E-state index contributed by atoms with van der Waals surface area (Å²) in [5, 5.41) is 3.48. The summed E-state index contributed by atoms with van der Waals surface area (Å²) in [6, 6.07) is 3.53. The zero-order valence-corrected chi connectivity index (χ0v) is 14.3. The number of aromatic nitrogens is 1. The summed E-state index contributed by atoms with van der Waals surface area (Å²) in [7, 11) is 0. The minimum atomic E-state index is -4.46. The van der Waals surface area contributed by atoms with Crippen LogP contribution in [0.4, 0.5) is 17.6 Å². The Bertz CT molecular complexity index is 852. The predicted molar refractivity (Wildman–Crippen MR) is 87.9 cm³/mol. The third-order valence-corrected chi connectivity index (χ3v) is 4.89. The number of halogens is 4. The van der Waals surface area contributed by atoms with Gasteiger partial charge in [-0.1, -0.05) is 0 Å². The Hall–Kier alpha value is -2.13. The van der Waals surface area contributed by atoms with Gasteiger partial charge in [-0.25, -0.2) is 9.18 Å². The Labute approximate surface area is 152 Å². The molecule has 0 amide bonds.